The number of rotatable bonds is 4. The number of nitrogens with one attached hydrogen (secondary N) is 1. The van der Waals surface area contributed by atoms with E-state index >= 15 is 0 Å². The Balaban J connectivity index is 1.88. The predicted molar refractivity (Wildman–Crippen MR) is 72.6 cm³/mol. The molecule has 0 aliphatic heterocycles. The molecule has 0 aliphatic carbocycles. The zero-order chi connectivity index (χ0) is 12.1. The van der Waals surface area contributed by atoms with Crippen molar-refractivity contribution in [3.8, 4) is 0 Å². The molecule has 0 aliphatic rings. The summed E-state index contributed by atoms with van der Waals surface area (Å²) in [4.78, 5) is 4.00. The van der Waals surface area contributed by atoms with Crippen molar-refractivity contribution in [2.45, 2.75) is 13.3 Å². The Hall–Kier alpha value is -1.54. The first kappa shape index (κ1) is 11.9. The molecule has 1 N–H and O–H groups in total. The van der Waals surface area contributed by atoms with Crippen LogP contribution in [0, 0.1) is 6.92 Å². The standard InChI is InChI=1S/C14H15ClN2/c1-11-2-3-13(10-14(11)15)17-9-6-12-4-7-16-8-5-12/h2-5,7-8,10,17H,6,9H2,1H3. The number of anilines is 1. The fraction of sp³-hybridized carbons (Fsp3) is 0.214. The summed E-state index contributed by atoms with van der Waals surface area (Å²) in [7, 11) is 0. The first-order valence-corrected chi connectivity index (χ1v) is 6.02. The quantitative estimate of drug-likeness (QED) is 0.890. The smallest absolute Gasteiger partial charge is 0.0455 e. The fourth-order valence-electron chi connectivity index (χ4n) is 1.60. The Morgan fingerprint density at radius 1 is 1.18 bits per heavy atom. The summed E-state index contributed by atoms with van der Waals surface area (Å²) in [6, 6.07) is 10.1. The van der Waals surface area contributed by atoms with Crippen molar-refractivity contribution < 1.29 is 0 Å². The van der Waals surface area contributed by atoms with Crippen LogP contribution in [0.25, 0.3) is 0 Å². The zero-order valence-corrected chi connectivity index (χ0v) is 10.5. The number of aryl methyl sites for hydroxylation is 1. The first-order valence-electron chi connectivity index (χ1n) is 5.64. The van der Waals surface area contributed by atoms with Crippen LogP contribution in [0.2, 0.25) is 5.02 Å². The Labute approximate surface area is 107 Å². The van der Waals surface area contributed by atoms with Crippen LogP contribution < -0.4 is 5.32 Å². The summed E-state index contributed by atoms with van der Waals surface area (Å²) < 4.78 is 0. The van der Waals surface area contributed by atoms with Crippen LogP contribution in [0.15, 0.2) is 42.7 Å². The van der Waals surface area contributed by atoms with Gasteiger partial charge in [0.05, 0.1) is 0 Å². The number of hydrogen-bond donors (Lipinski definition) is 1. The molecule has 0 spiro atoms. The third-order valence-corrected chi connectivity index (χ3v) is 3.07. The van der Waals surface area contributed by atoms with Crippen LogP contribution in [-0.4, -0.2) is 11.5 Å². The lowest BCUT2D eigenvalue weighted by molar-refractivity contribution is 1.01. The minimum absolute atomic E-state index is 0.805. The highest BCUT2D eigenvalue weighted by atomic mass is 35.5. The average Bonchev–Trinajstić information content (AvgIpc) is 2.35. The van der Waals surface area contributed by atoms with Crippen molar-refractivity contribution in [2.75, 3.05) is 11.9 Å². The van der Waals surface area contributed by atoms with Crippen molar-refractivity contribution in [2.24, 2.45) is 0 Å². The Bertz CT molecular complexity index is 483. The molecule has 3 heteroatoms. The molecule has 1 aromatic heterocycles. The van der Waals surface area contributed by atoms with Crippen LogP contribution >= 0.6 is 11.6 Å². The molecule has 2 rings (SSSR count). The normalized spacial score (nSPS) is 10.2. The Kier molecular flexibility index (Phi) is 3.99. The number of benzene rings is 1. The highest BCUT2D eigenvalue weighted by Crippen LogP contribution is 2.19. The minimum Gasteiger partial charge on any atom is -0.385 e. The second kappa shape index (κ2) is 5.69. The van der Waals surface area contributed by atoms with Gasteiger partial charge >= 0.3 is 0 Å². The van der Waals surface area contributed by atoms with Gasteiger partial charge in [0, 0.05) is 29.6 Å². The van der Waals surface area contributed by atoms with Crippen molar-refractivity contribution >= 4 is 17.3 Å². The average molecular weight is 247 g/mol. The van der Waals surface area contributed by atoms with E-state index < -0.39 is 0 Å². The highest BCUT2D eigenvalue weighted by Gasteiger charge is 1.97. The number of aromatic nitrogens is 1. The van der Waals surface area contributed by atoms with Crippen LogP contribution in [0.1, 0.15) is 11.1 Å². The topological polar surface area (TPSA) is 24.9 Å². The van der Waals surface area contributed by atoms with E-state index in [0.29, 0.717) is 0 Å². The van der Waals surface area contributed by atoms with E-state index in [0.717, 1.165) is 29.2 Å². The van der Waals surface area contributed by atoms with Gasteiger partial charge in [0.15, 0.2) is 0 Å². The van der Waals surface area contributed by atoms with Crippen LogP contribution in [0.3, 0.4) is 0 Å². The third kappa shape index (κ3) is 3.46. The molecular weight excluding hydrogens is 232 g/mol. The molecule has 0 bridgehead atoms. The van der Waals surface area contributed by atoms with Crippen molar-refractivity contribution in [1.29, 1.82) is 0 Å². The van der Waals surface area contributed by atoms with E-state index in [2.05, 4.69) is 10.3 Å². The van der Waals surface area contributed by atoms with Gasteiger partial charge in [-0.2, -0.15) is 0 Å². The molecule has 88 valence electrons. The first-order chi connectivity index (χ1) is 8.25. The molecule has 0 fully saturated rings. The number of pyridine rings is 1. The highest BCUT2D eigenvalue weighted by molar-refractivity contribution is 6.31. The van der Waals surface area contributed by atoms with E-state index in [-0.39, 0.29) is 0 Å². The van der Waals surface area contributed by atoms with E-state index in [1.165, 1.54) is 5.56 Å². The van der Waals surface area contributed by atoms with Crippen LogP contribution in [0.4, 0.5) is 5.69 Å². The van der Waals surface area contributed by atoms with Gasteiger partial charge in [-0.3, -0.25) is 4.98 Å². The van der Waals surface area contributed by atoms with E-state index in [9.17, 15) is 0 Å². The molecule has 1 heterocycles. The zero-order valence-electron chi connectivity index (χ0n) is 9.78. The molecule has 1 aromatic carbocycles. The maximum Gasteiger partial charge on any atom is 0.0455 e. The van der Waals surface area contributed by atoms with Gasteiger partial charge < -0.3 is 5.32 Å². The number of halogens is 1. The molecule has 0 radical (unpaired) electrons. The summed E-state index contributed by atoms with van der Waals surface area (Å²) >= 11 is 6.06. The van der Waals surface area contributed by atoms with Crippen molar-refractivity contribution in [3.05, 3.63) is 58.9 Å². The second-order valence-electron chi connectivity index (χ2n) is 4.00. The lowest BCUT2D eigenvalue weighted by atomic mass is 10.2. The molecule has 2 nitrogen and oxygen atoms in total. The molecule has 0 amide bonds. The van der Waals surface area contributed by atoms with Gasteiger partial charge in [-0.05, 0) is 48.7 Å². The summed E-state index contributed by atoms with van der Waals surface area (Å²) in [5, 5.41) is 4.16. The molecule has 0 saturated carbocycles. The van der Waals surface area contributed by atoms with Crippen molar-refractivity contribution in [3.63, 3.8) is 0 Å². The molecule has 2 aromatic rings. The van der Waals surface area contributed by atoms with Crippen molar-refractivity contribution in [1.82, 2.24) is 4.98 Å². The van der Waals surface area contributed by atoms with Gasteiger partial charge in [-0.1, -0.05) is 17.7 Å². The monoisotopic (exact) mass is 246 g/mol. The van der Waals surface area contributed by atoms with Crippen LogP contribution in [-0.2, 0) is 6.42 Å². The molecule has 0 saturated heterocycles. The van der Waals surface area contributed by atoms with E-state index in [4.69, 9.17) is 11.6 Å². The minimum atomic E-state index is 0.805. The summed E-state index contributed by atoms with van der Waals surface area (Å²) in [5.74, 6) is 0. The maximum atomic E-state index is 6.06. The van der Waals surface area contributed by atoms with Gasteiger partial charge in [0.2, 0.25) is 0 Å². The van der Waals surface area contributed by atoms with Gasteiger partial charge in [-0.25, -0.2) is 0 Å². The third-order valence-electron chi connectivity index (χ3n) is 2.66. The summed E-state index contributed by atoms with van der Waals surface area (Å²) in [6.07, 6.45) is 4.62. The lowest BCUT2D eigenvalue weighted by Gasteiger charge is -2.07. The fourth-order valence-corrected chi connectivity index (χ4v) is 1.78. The summed E-state index contributed by atoms with van der Waals surface area (Å²) in [5.41, 5.74) is 3.45. The molecule has 0 unspecified atom stereocenters. The molecule has 0 atom stereocenters. The second-order valence-corrected chi connectivity index (χ2v) is 4.40. The Morgan fingerprint density at radius 3 is 2.65 bits per heavy atom. The largest absolute Gasteiger partial charge is 0.385 e. The van der Waals surface area contributed by atoms with Gasteiger partial charge in [0.1, 0.15) is 0 Å². The van der Waals surface area contributed by atoms with E-state index in [1.807, 2.05) is 49.6 Å². The van der Waals surface area contributed by atoms with Gasteiger partial charge in [-0.15, -0.1) is 0 Å². The van der Waals surface area contributed by atoms with Crippen LogP contribution in [0.5, 0.6) is 0 Å². The predicted octanol–water partition coefficient (Wildman–Crippen LogP) is 3.70. The van der Waals surface area contributed by atoms with E-state index in [1.54, 1.807) is 0 Å². The summed E-state index contributed by atoms with van der Waals surface area (Å²) in [6.45, 7) is 2.90. The maximum absolute atomic E-state index is 6.06. The number of nitrogens with zero attached hydrogens (tertiary/aromatic N) is 1. The molecule has 17 heavy (non-hydrogen) atoms. The molecular formula is C14H15ClN2. The number of hydrogen-bond acceptors (Lipinski definition) is 2. The van der Waals surface area contributed by atoms with Gasteiger partial charge in [0.25, 0.3) is 0 Å². The Morgan fingerprint density at radius 2 is 1.94 bits per heavy atom. The lowest BCUT2D eigenvalue weighted by Crippen LogP contribution is -2.04. The SMILES string of the molecule is Cc1ccc(NCCc2ccncc2)cc1Cl.